The second-order valence-electron chi connectivity index (χ2n) is 7.78. The molecule has 0 spiro atoms. The van der Waals surface area contributed by atoms with Crippen LogP contribution in [0.15, 0.2) is 30.3 Å². The Labute approximate surface area is 151 Å². The Morgan fingerprint density at radius 3 is 2.60 bits per heavy atom. The van der Waals surface area contributed by atoms with Gasteiger partial charge in [0.25, 0.3) is 0 Å². The number of nitrogens with two attached hydrogens (primary N) is 2. The molecular weight excluding hydrogens is 310 g/mol. The molecule has 2 aliphatic carbocycles. The van der Waals surface area contributed by atoms with Gasteiger partial charge in [0.15, 0.2) is 0 Å². The molecule has 4 N–H and O–H groups in total. The molecule has 3 rings (SSSR count). The number of likely N-dealkylation sites (N-methyl/N-ethyl adjacent to an activating group) is 1. The maximum absolute atomic E-state index is 13.1. The van der Waals surface area contributed by atoms with Crippen molar-refractivity contribution in [1.82, 2.24) is 4.90 Å². The number of amides is 1. The first-order chi connectivity index (χ1) is 12.2. The predicted molar refractivity (Wildman–Crippen MR) is 102 cm³/mol. The van der Waals surface area contributed by atoms with E-state index >= 15 is 0 Å². The van der Waals surface area contributed by atoms with E-state index < -0.39 is 0 Å². The summed E-state index contributed by atoms with van der Waals surface area (Å²) in [6.07, 6.45) is 6.42. The minimum atomic E-state index is -0.387. The van der Waals surface area contributed by atoms with Crippen molar-refractivity contribution in [3.63, 3.8) is 0 Å². The van der Waals surface area contributed by atoms with Crippen LogP contribution in [0.3, 0.4) is 0 Å². The highest BCUT2D eigenvalue weighted by Gasteiger charge is 2.51. The fraction of sp³-hybridized carbons (Fsp3) is 0.667. The standard InChI is InChI=1S/C21H33N3O/c1-2-24(21(25)18(23)10-6-7-13-22)20-17-12-11-16(14-17)19(20)15-8-4-3-5-9-15/h3-5,8-9,16-20H,2,6-7,10-14,22-23H2,1H3. The van der Waals surface area contributed by atoms with E-state index in [1.165, 1.54) is 24.8 Å². The molecule has 0 aromatic heterocycles. The molecule has 0 aliphatic heterocycles. The molecule has 2 aliphatic rings. The van der Waals surface area contributed by atoms with E-state index in [0.29, 0.717) is 30.3 Å². The van der Waals surface area contributed by atoms with E-state index in [4.69, 9.17) is 11.5 Å². The van der Waals surface area contributed by atoms with Gasteiger partial charge in [-0.2, -0.15) is 0 Å². The number of carbonyl (C=O) groups is 1. The Morgan fingerprint density at radius 2 is 1.92 bits per heavy atom. The second kappa shape index (κ2) is 8.33. The zero-order chi connectivity index (χ0) is 17.8. The Balaban J connectivity index is 1.77. The number of nitrogens with zero attached hydrogens (tertiary/aromatic N) is 1. The highest BCUT2D eigenvalue weighted by Crippen LogP contribution is 2.54. The molecule has 0 heterocycles. The van der Waals surface area contributed by atoms with E-state index in [1.807, 2.05) is 0 Å². The summed E-state index contributed by atoms with van der Waals surface area (Å²) >= 11 is 0. The van der Waals surface area contributed by atoms with Crippen molar-refractivity contribution in [3.8, 4) is 0 Å². The number of unbranched alkanes of at least 4 members (excludes halogenated alkanes) is 1. The van der Waals surface area contributed by atoms with Gasteiger partial charge in [-0.15, -0.1) is 0 Å². The van der Waals surface area contributed by atoms with Gasteiger partial charge in [-0.1, -0.05) is 36.8 Å². The van der Waals surface area contributed by atoms with Crippen LogP contribution in [0, 0.1) is 11.8 Å². The van der Waals surface area contributed by atoms with Crippen LogP contribution < -0.4 is 11.5 Å². The van der Waals surface area contributed by atoms with Gasteiger partial charge in [0, 0.05) is 18.5 Å². The predicted octanol–water partition coefficient (Wildman–Crippen LogP) is 2.87. The molecule has 0 radical (unpaired) electrons. The van der Waals surface area contributed by atoms with Gasteiger partial charge in [0.1, 0.15) is 0 Å². The number of hydrogen-bond acceptors (Lipinski definition) is 3. The van der Waals surface area contributed by atoms with Crippen molar-refractivity contribution in [3.05, 3.63) is 35.9 Å². The Bertz CT molecular complexity index is 562. The lowest BCUT2D eigenvalue weighted by Gasteiger charge is -2.40. The van der Waals surface area contributed by atoms with Crippen LogP contribution in [-0.4, -0.2) is 36.0 Å². The molecule has 0 saturated heterocycles. The van der Waals surface area contributed by atoms with Crippen molar-refractivity contribution in [2.45, 2.75) is 63.5 Å². The normalized spacial score (nSPS) is 28.9. The van der Waals surface area contributed by atoms with Crippen LogP contribution in [0.4, 0.5) is 0 Å². The zero-order valence-electron chi connectivity index (χ0n) is 15.4. The first kappa shape index (κ1) is 18.4. The van der Waals surface area contributed by atoms with Crippen molar-refractivity contribution in [2.24, 2.45) is 23.3 Å². The number of hydrogen-bond donors (Lipinski definition) is 2. The SMILES string of the molecule is CCN(C(=O)C(N)CCCCN)C1C2CCC(C2)C1c1ccccc1. The van der Waals surface area contributed by atoms with Gasteiger partial charge in [0.05, 0.1) is 6.04 Å². The maximum atomic E-state index is 13.1. The number of rotatable bonds is 8. The Kier molecular flexibility index (Phi) is 6.13. The van der Waals surface area contributed by atoms with Gasteiger partial charge in [-0.25, -0.2) is 0 Å². The minimum absolute atomic E-state index is 0.137. The summed E-state index contributed by atoms with van der Waals surface area (Å²) in [5, 5.41) is 0. The van der Waals surface area contributed by atoms with Gasteiger partial charge < -0.3 is 16.4 Å². The monoisotopic (exact) mass is 343 g/mol. The minimum Gasteiger partial charge on any atom is -0.338 e. The quantitative estimate of drug-likeness (QED) is 0.713. The van der Waals surface area contributed by atoms with Crippen molar-refractivity contribution in [1.29, 1.82) is 0 Å². The summed E-state index contributed by atoms with van der Waals surface area (Å²) in [6, 6.07) is 10.7. The molecule has 2 saturated carbocycles. The van der Waals surface area contributed by atoms with Crippen molar-refractivity contribution < 1.29 is 4.79 Å². The number of fused-ring (bicyclic) bond motifs is 2. The average molecular weight is 344 g/mol. The molecule has 4 nitrogen and oxygen atoms in total. The van der Waals surface area contributed by atoms with E-state index in [9.17, 15) is 4.79 Å². The molecule has 5 unspecified atom stereocenters. The molecule has 1 amide bonds. The first-order valence-corrected chi connectivity index (χ1v) is 9.98. The molecule has 2 fully saturated rings. The van der Waals surface area contributed by atoms with Gasteiger partial charge in [0.2, 0.25) is 5.91 Å². The first-order valence-electron chi connectivity index (χ1n) is 9.98. The Morgan fingerprint density at radius 1 is 1.20 bits per heavy atom. The van der Waals surface area contributed by atoms with Crippen molar-refractivity contribution >= 4 is 5.91 Å². The lowest BCUT2D eigenvalue weighted by molar-refractivity contribution is -0.136. The van der Waals surface area contributed by atoms with Gasteiger partial charge in [-0.05, 0) is 63.0 Å². The molecule has 138 valence electrons. The van der Waals surface area contributed by atoms with Crippen LogP contribution in [-0.2, 0) is 4.79 Å². The second-order valence-corrected chi connectivity index (χ2v) is 7.78. The lowest BCUT2D eigenvalue weighted by atomic mass is 9.78. The van der Waals surface area contributed by atoms with Gasteiger partial charge >= 0.3 is 0 Å². The fourth-order valence-corrected chi connectivity index (χ4v) is 5.21. The lowest BCUT2D eigenvalue weighted by Crippen LogP contribution is -2.52. The van der Waals surface area contributed by atoms with E-state index in [-0.39, 0.29) is 11.9 Å². The average Bonchev–Trinajstić information content (AvgIpc) is 3.25. The summed E-state index contributed by atoms with van der Waals surface area (Å²) in [5.41, 5.74) is 13.2. The molecule has 4 heteroatoms. The Hall–Kier alpha value is -1.39. The molecule has 25 heavy (non-hydrogen) atoms. The molecule has 2 bridgehead atoms. The summed E-state index contributed by atoms with van der Waals surface area (Å²) in [7, 11) is 0. The van der Waals surface area contributed by atoms with E-state index in [0.717, 1.165) is 25.8 Å². The maximum Gasteiger partial charge on any atom is 0.239 e. The third kappa shape index (κ3) is 3.75. The van der Waals surface area contributed by atoms with E-state index in [1.54, 1.807) is 0 Å². The third-order valence-corrected chi connectivity index (χ3v) is 6.33. The third-order valence-electron chi connectivity index (χ3n) is 6.33. The number of carbonyl (C=O) groups excluding carboxylic acids is 1. The summed E-state index contributed by atoms with van der Waals surface area (Å²) in [5.74, 6) is 1.96. The summed E-state index contributed by atoms with van der Waals surface area (Å²) in [6.45, 7) is 3.51. The van der Waals surface area contributed by atoms with Crippen LogP contribution >= 0.6 is 0 Å². The zero-order valence-corrected chi connectivity index (χ0v) is 15.4. The molecular formula is C21H33N3O. The van der Waals surface area contributed by atoms with Crippen LogP contribution in [0.1, 0.15) is 56.9 Å². The van der Waals surface area contributed by atoms with Crippen LogP contribution in [0.2, 0.25) is 0 Å². The molecule has 1 aromatic carbocycles. The van der Waals surface area contributed by atoms with Crippen molar-refractivity contribution in [2.75, 3.05) is 13.1 Å². The smallest absolute Gasteiger partial charge is 0.239 e. The number of benzene rings is 1. The topological polar surface area (TPSA) is 72.3 Å². The molecule has 5 atom stereocenters. The fourth-order valence-electron chi connectivity index (χ4n) is 5.21. The van der Waals surface area contributed by atoms with E-state index in [2.05, 4.69) is 42.2 Å². The summed E-state index contributed by atoms with van der Waals surface area (Å²) in [4.78, 5) is 15.2. The highest BCUT2D eigenvalue weighted by atomic mass is 16.2. The highest BCUT2D eigenvalue weighted by molar-refractivity contribution is 5.82. The van der Waals surface area contributed by atoms with Crippen LogP contribution in [0.25, 0.3) is 0 Å². The van der Waals surface area contributed by atoms with Gasteiger partial charge in [-0.3, -0.25) is 4.79 Å². The van der Waals surface area contributed by atoms with Crippen LogP contribution in [0.5, 0.6) is 0 Å². The summed E-state index contributed by atoms with van der Waals surface area (Å²) < 4.78 is 0. The largest absolute Gasteiger partial charge is 0.338 e. The molecule has 1 aromatic rings.